The molecule has 0 atom stereocenters. The van der Waals surface area contributed by atoms with Crippen molar-refractivity contribution in [2.24, 2.45) is 0 Å². The van der Waals surface area contributed by atoms with Gasteiger partial charge < -0.3 is 14.8 Å². The number of hydrogen-bond donors (Lipinski definition) is 1. The average molecular weight is 410 g/mol. The molecule has 1 N–H and O–H groups in total. The second kappa shape index (κ2) is 10.5. The van der Waals surface area contributed by atoms with E-state index in [2.05, 4.69) is 5.32 Å². The molecule has 3 aromatic carbocycles. The van der Waals surface area contributed by atoms with Gasteiger partial charge in [-0.1, -0.05) is 41.9 Å². The first kappa shape index (κ1) is 20.7. The number of aryl methyl sites for hydroxylation is 1. The molecule has 0 spiro atoms. The summed E-state index contributed by atoms with van der Waals surface area (Å²) in [6.07, 6.45) is 1.77. The van der Waals surface area contributed by atoms with Gasteiger partial charge in [0.2, 0.25) is 0 Å². The van der Waals surface area contributed by atoms with E-state index in [-0.39, 0.29) is 5.91 Å². The Bertz CT molecular complexity index is 924. The summed E-state index contributed by atoms with van der Waals surface area (Å²) in [6, 6.07) is 22.7. The molecule has 0 aliphatic carbocycles. The van der Waals surface area contributed by atoms with E-state index in [1.165, 1.54) is 5.56 Å². The number of amides is 1. The Labute approximate surface area is 176 Å². The third kappa shape index (κ3) is 6.26. The smallest absolute Gasteiger partial charge is 0.251 e. The highest BCUT2D eigenvalue weighted by Crippen LogP contribution is 2.19. The maximum absolute atomic E-state index is 12.3. The van der Waals surface area contributed by atoms with Crippen molar-refractivity contribution in [2.45, 2.75) is 19.4 Å². The molecule has 0 saturated carbocycles. The number of methoxy groups -OCH3 is 1. The largest absolute Gasteiger partial charge is 0.497 e. The second-order valence-electron chi connectivity index (χ2n) is 6.61. The first-order valence-electron chi connectivity index (χ1n) is 9.53. The number of nitrogens with one attached hydrogen (secondary N) is 1. The maximum atomic E-state index is 12.3. The van der Waals surface area contributed by atoms with Gasteiger partial charge in [0.15, 0.2) is 0 Å². The van der Waals surface area contributed by atoms with Gasteiger partial charge in [-0.3, -0.25) is 4.79 Å². The number of hydrogen-bond acceptors (Lipinski definition) is 3. The predicted octanol–water partition coefficient (Wildman–Crippen LogP) is 5.29. The first-order chi connectivity index (χ1) is 14.2. The summed E-state index contributed by atoms with van der Waals surface area (Å²) >= 11 is 6.13. The van der Waals surface area contributed by atoms with Crippen molar-refractivity contribution >= 4 is 17.5 Å². The van der Waals surface area contributed by atoms with Crippen molar-refractivity contribution in [2.75, 3.05) is 13.7 Å². The number of ether oxygens (including phenoxy) is 2. The topological polar surface area (TPSA) is 47.6 Å². The number of carbonyl (C=O) groups excluding carboxylic acids is 1. The Morgan fingerprint density at radius 2 is 1.62 bits per heavy atom. The van der Waals surface area contributed by atoms with Crippen LogP contribution in [0.2, 0.25) is 5.02 Å². The fourth-order valence-corrected chi connectivity index (χ4v) is 3.06. The summed E-state index contributed by atoms with van der Waals surface area (Å²) < 4.78 is 10.9. The van der Waals surface area contributed by atoms with Crippen LogP contribution in [0.4, 0.5) is 0 Å². The quantitative estimate of drug-likeness (QED) is 0.488. The second-order valence-corrected chi connectivity index (χ2v) is 7.02. The van der Waals surface area contributed by atoms with E-state index in [1.807, 2.05) is 48.5 Å². The van der Waals surface area contributed by atoms with Crippen LogP contribution in [0.3, 0.4) is 0 Å². The SMILES string of the molecule is COc1ccc(CCCNC(=O)c2ccc(OCc3ccccc3Cl)cc2)cc1. The minimum absolute atomic E-state index is 0.0858. The summed E-state index contributed by atoms with van der Waals surface area (Å²) in [7, 11) is 1.65. The Kier molecular flexibility index (Phi) is 7.54. The molecule has 0 bridgehead atoms. The van der Waals surface area contributed by atoms with Crippen molar-refractivity contribution < 1.29 is 14.3 Å². The van der Waals surface area contributed by atoms with Gasteiger partial charge in [-0.15, -0.1) is 0 Å². The number of carbonyl (C=O) groups is 1. The zero-order valence-corrected chi connectivity index (χ0v) is 17.1. The van der Waals surface area contributed by atoms with E-state index in [1.54, 1.807) is 31.4 Å². The number of benzene rings is 3. The summed E-state index contributed by atoms with van der Waals surface area (Å²) in [6.45, 7) is 1.01. The van der Waals surface area contributed by atoms with Crippen LogP contribution in [0.1, 0.15) is 27.9 Å². The summed E-state index contributed by atoms with van der Waals surface area (Å²) in [4.78, 5) is 12.3. The molecule has 0 aliphatic heterocycles. The van der Waals surface area contributed by atoms with Gasteiger partial charge in [-0.25, -0.2) is 0 Å². The molecule has 0 radical (unpaired) electrons. The van der Waals surface area contributed by atoms with Crippen LogP contribution >= 0.6 is 11.6 Å². The standard InChI is InChI=1S/C24H24ClNO3/c1-28-21-12-8-18(9-13-21)5-4-16-26-24(27)19-10-14-22(15-11-19)29-17-20-6-2-3-7-23(20)25/h2-3,6-15H,4-5,16-17H2,1H3,(H,26,27). The minimum atomic E-state index is -0.0858. The van der Waals surface area contributed by atoms with Crippen molar-refractivity contribution in [1.29, 1.82) is 0 Å². The molecule has 3 aromatic rings. The van der Waals surface area contributed by atoms with Gasteiger partial charge in [0.05, 0.1) is 7.11 Å². The van der Waals surface area contributed by atoms with E-state index < -0.39 is 0 Å². The van der Waals surface area contributed by atoms with Crippen LogP contribution in [0.5, 0.6) is 11.5 Å². The zero-order chi connectivity index (χ0) is 20.5. The Hall–Kier alpha value is -2.98. The maximum Gasteiger partial charge on any atom is 0.251 e. The van der Waals surface area contributed by atoms with E-state index in [0.717, 1.165) is 24.2 Å². The number of halogens is 1. The minimum Gasteiger partial charge on any atom is -0.497 e. The monoisotopic (exact) mass is 409 g/mol. The van der Waals surface area contributed by atoms with Crippen LogP contribution in [-0.4, -0.2) is 19.6 Å². The highest BCUT2D eigenvalue weighted by molar-refractivity contribution is 6.31. The summed E-state index contributed by atoms with van der Waals surface area (Å²) in [5.74, 6) is 1.46. The molecular formula is C24H24ClNO3. The van der Waals surface area contributed by atoms with Crippen molar-refractivity contribution in [3.8, 4) is 11.5 Å². The van der Waals surface area contributed by atoms with E-state index in [0.29, 0.717) is 29.5 Å². The molecule has 0 aliphatic rings. The van der Waals surface area contributed by atoms with Crippen LogP contribution in [0.15, 0.2) is 72.8 Å². The van der Waals surface area contributed by atoms with Gasteiger partial charge >= 0.3 is 0 Å². The molecule has 5 heteroatoms. The van der Waals surface area contributed by atoms with Crippen LogP contribution < -0.4 is 14.8 Å². The van der Waals surface area contributed by atoms with E-state index in [9.17, 15) is 4.79 Å². The fourth-order valence-electron chi connectivity index (χ4n) is 2.87. The Morgan fingerprint density at radius 3 is 2.31 bits per heavy atom. The number of rotatable bonds is 9. The molecule has 0 saturated heterocycles. The Balaban J connectivity index is 1.42. The lowest BCUT2D eigenvalue weighted by Crippen LogP contribution is -2.24. The Morgan fingerprint density at radius 1 is 0.931 bits per heavy atom. The molecule has 1 amide bonds. The third-order valence-electron chi connectivity index (χ3n) is 4.56. The van der Waals surface area contributed by atoms with Crippen molar-refractivity contribution in [3.63, 3.8) is 0 Å². The van der Waals surface area contributed by atoms with Gasteiger partial charge in [-0.05, 0) is 60.9 Å². The lowest BCUT2D eigenvalue weighted by atomic mass is 10.1. The fraction of sp³-hybridized carbons (Fsp3) is 0.208. The van der Waals surface area contributed by atoms with E-state index >= 15 is 0 Å². The molecule has 0 unspecified atom stereocenters. The third-order valence-corrected chi connectivity index (χ3v) is 4.92. The molecule has 0 heterocycles. The van der Waals surface area contributed by atoms with Gasteiger partial charge in [0.1, 0.15) is 18.1 Å². The van der Waals surface area contributed by atoms with Crippen LogP contribution in [0, 0.1) is 0 Å². The van der Waals surface area contributed by atoms with Crippen molar-refractivity contribution in [1.82, 2.24) is 5.32 Å². The van der Waals surface area contributed by atoms with Gasteiger partial charge in [-0.2, -0.15) is 0 Å². The summed E-state index contributed by atoms with van der Waals surface area (Å²) in [5, 5.41) is 3.63. The lowest BCUT2D eigenvalue weighted by molar-refractivity contribution is 0.0953. The molecule has 4 nitrogen and oxygen atoms in total. The lowest BCUT2D eigenvalue weighted by Gasteiger charge is -2.09. The van der Waals surface area contributed by atoms with Gasteiger partial charge in [0.25, 0.3) is 5.91 Å². The normalized spacial score (nSPS) is 10.4. The van der Waals surface area contributed by atoms with Crippen LogP contribution in [0.25, 0.3) is 0 Å². The first-order valence-corrected chi connectivity index (χ1v) is 9.91. The predicted molar refractivity (Wildman–Crippen MR) is 116 cm³/mol. The van der Waals surface area contributed by atoms with Crippen LogP contribution in [-0.2, 0) is 13.0 Å². The van der Waals surface area contributed by atoms with Crippen molar-refractivity contribution in [3.05, 3.63) is 94.5 Å². The summed E-state index contributed by atoms with van der Waals surface area (Å²) in [5.41, 5.74) is 2.76. The zero-order valence-electron chi connectivity index (χ0n) is 16.4. The molecule has 150 valence electrons. The molecule has 0 aromatic heterocycles. The molecule has 0 fully saturated rings. The molecular weight excluding hydrogens is 386 g/mol. The molecule has 3 rings (SSSR count). The average Bonchev–Trinajstić information content (AvgIpc) is 2.77. The van der Waals surface area contributed by atoms with Gasteiger partial charge in [0, 0.05) is 22.7 Å². The highest BCUT2D eigenvalue weighted by atomic mass is 35.5. The van der Waals surface area contributed by atoms with E-state index in [4.69, 9.17) is 21.1 Å². The highest BCUT2D eigenvalue weighted by Gasteiger charge is 2.06. The molecule has 29 heavy (non-hydrogen) atoms.